The Morgan fingerprint density at radius 1 is 1.45 bits per heavy atom. The van der Waals surface area contributed by atoms with Crippen molar-refractivity contribution in [3.05, 3.63) is 46.3 Å². The predicted octanol–water partition coefficient (Wildman–Crippen LogP) is 1.59. The van der Waals surface area contributed by atoms with Gasteiger partial charge in [-0.05, 0) is 18.2 Å². The van der Waals surface area contributed by atoms with Gasteiger partial charge in [0.1, 0.15) is 17.1 Å². The molecule has 0 saturated carbocycles. The number of aromatic nitrogens is 2. The highest BCUT2D eigenvalue weighted by molar-refractivity contribution is 6.04. The molecule has 1 N–H and O–H groups in total. The number of nitro groups is 1. The molecule has 1 aromatic heterocycles. The zero-order valence-corrected chi connectivity index (χ0v) is 10.9. The molecule has 1 aromatic carbocycles. The van der Waals surface area contributed by atoms with Gasteiger partial charge in [0.05, 0.1) is 18.1 Å². The minimum atomic E-state index is -0.582. The van der Waals surface area contributed by atoms with Crippen LogP contribution in [-0.4, -0.2) is 27.7 Å². The second kappa shape index (κ2) is 5.39. The largest absolute Gasteiger partial charge is 0.496 e. The lowest BCUT2D eigenvalue weighted by Crippen LogP contribution is -2.16. The number of carbonyl (C=O) groups excluding carboxylic acids is 1. The fourth-order valence-corrected chi connectivity index (χ4v) is 1.68. The second-order valence-electron chi connectivity index (χ2n) is 3.93. The van der Waals surface area contributed by atoms with Gasteiger partial charge in [0, 0.05) is 13.2 Å². The Balaban J connectivity index is 2.32. The number of anilines is 1. The second-order valence-corrected chi connectivity index (χ2v) is 3.93. The molecule has 0 aliphatic heterocycles. The van der Waals surface area contributed by atoms with Crippen molar-refractivity contribution in [1.29, 1.82) is 0 Å². The Morgan fingerprint density at radius 3 is 2.75 bits per heavy atom. The van der Waals surface area contributed by atoms with E-state index in [9.17, 15) is 14.9 Å². The number of amides is 1. The van der Waals surface area contributed by atoms with Gasteiger partial charge in [-0.3, -0.25) is 19.6 Å². The quantitative estimate of drug-likeness (QED) is 0.675. The van der Waals surface area contributed by atoms with E-state index in [1.54, 1.807) is 7.05 Å². The van der Waals surface area contributed by atoms with E-state index in [2.05, 4.69) is 10.4 Å². The van der Waals surface area contributed by atoms with Gasteiger partial charge in [-0.15, -0.1) is 0 Å². The molecule has 0 atom stereocenters. The molecule has 0 bridgehead atoms. The molecule has 0 aliphatic rings. The highest BCUT2D eigenvalue weighted by Gasteiger charge is 2.19. The summed E-state index contributed by atoms with van der Waals surface area (Å²) in [6.45, 7) is 0. The van der Waals surface area contributed by atoms with Crippen molar-refractivity contribution in [2.24, 2.45) is 7.05 Å². The smallest absolute Gasteiger partial charge is 0.296 e. The van der Waals surface area contributed by atoms with Gasteiger partial charge in [0.15, 0.2) is 0 Å². The summed E-state index contributed by atoms with van der Waals surface area (Å²) in [7, 11) is 3.02. The van der Waals surface area contributed by atoms with Crippen molar-refractivity contribution >= 4 is 17.3 Å². The molecule has 2 aromatic rings. The van der Waals surface area contributed by atoms with Gasteiger partial charge in [0.2, 0.25) is 0 Å². The van der Waals surface area contributed by atoms with E-state index < -0.39 is 10.8 Å². The number of hydrogen-bond donors (Lipinski definition) is 1. The summed E-state index contributed by atoms with van der Waals surface area (Å²) in [6.07, 6.45) is 1.47. The lowest BCUT2D eigenvalue weighted by molar-refractivity contribution is -0.384. The third-order valence-corrected chi connectivity index (χ3v) is 2.70. The number of ether oxygens (including phenoxy) is 1. The summed E-state index contributed by atoms with van der Waals surface area (Å²) in [6, 6.07) is 5.72. The average molecular weight is 276 g/mol. The molecule has 0 radical (unpaired) electrons. The normalized spacial score (nSPS) is 10.1. The van der Waals surface area contributed by atoms with Crippen LogP contribution in [0.4, 0.5) is 11.4 Å². The highest BCUT2D eigenvalue weighted by atomic mass is 16.6. The monoisotopic (exact) mass is 276 g/mol. The van der Waals surface area contributed by atoms with Crippen LogP contribution >= 0.6 is 0 Å². The Bertz CT molecular complexity index is 665. The van der Waals surface area contributed by atoms with E-state index in [0.29, 0.717) is 11.4 Å². The van der Waals surface area contributed by atoms with Crippen LogP contribution in [0, 0.1) is 10.1 Å². The van der Waals surface area contributed by atoms with Gasteiger partial charge in [0.25, 0.3) is 11.6 Å². The molecule has 104 valence electrons. The van der Waals surface area contributed by atoms with Crippen molar-refractivity contribution in [2.75, 3.05) is 12.4 Å². The molecule has 1 amide bonds. The molecular weight excluding hydrogens is 264 g/mol. The number of nitrogens with zero attached hydrogens (tertiary/aromatic N) is 3. The predicted molar refractivity (Wildman–Crippen MR) is 70.8 cm³/mol. The van der Waals surface area contributed by atoms with Crippen molar-refractivity contribution in [3.63, 3.8) is 0 Å². The molecule has 0 aliphatic carbocycles. The van der Waals surface area contributed by atoms with Gasteiger partial charge in [-0.1, -0.05) is 0 Å². The van der Waals surface area contributed by atoms with Crippen molar-refractivity contribution in [3.8, 4) is 5.75 Å². The van der Waals surface area contributed by atoms with Gasteiger partial charge in [-0.2, -0.15) is 5.10 Å². The minimum absolute atomic E-state index is 0.0991. The molecule has 2 rings (SSSR count). The van der Waals surface area contributed by atoms with Crippen molar-refractivity contribution < 1.29 is 14.5 Å². The van der Waals surface area contributed by atoms with Crippen LogP contribution in [0.2, 0.25) is 0 Å². The molecule has 0 fully saturated rings. The van der Waals surface area contributed by atoms with Crippen LogP contribution < -0.4 is 10.1 Å². The number of hydrogen-bond acceptors (Lipinski definition) is 5. The summed E-state index contributed by atoms with van der Waals surface area (Å²) in [5, 5.41) is 17.4. The maximum atomic E-state index is 12.0. The number of carbonyl (C=O) groups is 1. The third-order valence-electron chi connectivity index (χ3n) is 2.70. The van der Waals surface area contributed by atoms with Crippen LogP contribution in [0.15, 0.2) is 30.5 Å². The first-order chi connectivity index (χ1) is 9.52. The minimum Gasteiger partial charge on any atom is -0.496 e. The first-order valence-electron chi connectivity index (χ1n) is 5.64. The first kappa shape index (κ1) is 13.5. The summed E-state index contributed by atoms with van der Waals surface area (Å²) in [5.41, 5.74) is 0.164. The fourth-order valence-electron chi connectivity index (χ4n) is 1.68. The van der Waals surface area contributed by atoms with Crippen LogP contribution in [0.3, 0.4) is 0 Å². The van der Waals surface area contributed by atoms with Crippen LogP contribution in [0.1, 0.15) is 10.5 Å². The Morgan fingerprint density at radius 2 is 2.20 bits per heavy atom. The average Bonchev–Trinajstić information content (AvgIpc) is 2.85. The van der Waals surface area contributed by atoms with Crippen molar-refractivity contribution in [1.82, 2.24) is 9.78 Å². The highest BCUT2D eigenvalue weighted by Crippen LogP contribution is 2.29. The van der Waals surface area contributed by atoms with Crippen molar-refractivity contribution in [2.45, 2.75) is 0 Å². The van der Waals surface area contributed by atoms with E-state index in [1.807, 2.05) is 0 Å². The lowest BCUT2D eigenvalue weighted by atomic mass is 10.2. The van der Waals surface area contributed by atoms with E-state index in [-0.39, 0.29) is 11.4 Å². The van der Waals surface area contributed by atoms with E-state index in [1.165, 1.54) is 42.3 Å². The van der Waals surface area contributed by atoms with Gasteiger partial charge < -0.3 is 10.1 Å². The fraction of sp³-hybridized carbons (Fsp3) is 0.167. The maximum Gasteiger partial charge on any atom is 0.296 e. The number of methoxy groups -OCH3 is 1. The number of nitro benzene ring substituents is 1. The van der Waals surface area contributed by atoms with Gasteiger partial charge in [-0.25, -0.2) is 0 Å². The molecular formula is C12H12N4O4. The number of aryl methyl sites for hydroxylation is 1. The van der Waals surface area contributed by atoms with E-state index >= 15 is 0 Å². The number of rotatable bonds is 4. The van der Waals surface area contributed by atoms with E-state index in [0.717, 1.165) is 0 Å². The van der Waals surface area contributed by atoms with Gasteiger partial charge >= 0.3 is 0 Å². The summed E-state index contributed by atoms with van der Waals surface area (Å²) in [4.78, 5) is 22.4. The Labute approximate surface area is 114 Å². The number of nitrogens with one attached hydrogen (secondary N) is 1. The Hall–Kier alpha value is -2.90. The SMILES string of the molecule is COc1ccc(NC(=O)c2ccnn2C)c([N+](=O)[O-])c1. The number of benzene rings is 1. The van der Waals surface area contributed by atoms with Crippen LogP contribution in [-0.2, 0) is 7.05 Å². The van der Waals surface area contributed by atoms with E-state index in [4.69, 9.17) is 4.74 Å². The zero-order chi connectivity index (χ0) is 14.7. The molecule has 8 nitrogen and oxygen atoms in total. The topological polar surface area (TPSA) is 99.3 Å². The van der Waals surface area contributed by atoms with Crippen LogP contribution in [0.25, 0.3) is 0 Å². The summed E-state index contributed by atoms with van der Waals surface area (Å²) in [5.74, 6) is -0.131. The third kappa shape index (κ3) is 2.58. The summed E-state index contributed by atoms with van der Waals surface area (Å²) >= 11 is 0. The molecule has 0 saturated heterocycles. The molecule has 20 heavy (non-hydrogen) atoms. The zero-order valence-electron chi connectivity index (χ0n) is 10.9. The molecule has 8 heteroatoms. The summed E-state index contributed by atoms with van der Waals surface area (Å²) < 4.78 is 6.30. The molecule has 0 unspecified atom stereocenters. The lowest BCUT2D eigenvalue weighted by Gasteiger charge is -2.07. The Kier molecular flexibility index (Phi) is 3.65. The van der Waals surface area contributed by atoms with Crippen LogP contribution in [0.5, 0.6) is 5.75 Å². The standard InChI is InChI=1S/C12H12N4O4/c1-15-10(5-6-13-15)12(17)14-9-4-3-8(20-2)7-11(9)16(18)19/h3-7H,1-2H3,(H,14,17). The first-order valence-corrected chi connectivity index (χ1v) is 5.64. The maximum absolute atomic E-state index is 12.0. The molecule has 1 heterocycles. The molecule has 0 spiro atoms.